The van der Waals surface area contributed by atoms with E-state index in [-0.39, 0.29) is 12.8 Å². The van der Waals surface area contributed by atoms with E-state index in [2.05, 4.69) is 6.92 Å². The molecule has 0 aliphatic heterocycles. The van der Waals surface area contributed by atoms with Gasteiger partial charge in [-0.05, 0) is 38.5 Å². The van der Waals surface area contributed by atoms with E-state index >= 15 is 0 Å². The van der Waals surface area contributed by atoms with Crippen molar-refractivity contribution in [1.82, 2.24) is 0 Å². The summed E-state index contributed by atoms with van der Waals surface area (Å²) < 4.78 is 36.6. The highest BCUT2D eigenvalue weighted by atomic mass is 19.4. The predicted molar refractivity (Wildman–Crippen MR) is 69.6 cm³/mol. The van der Waals surface area contributed by atoms with Crippen LogP contribution >= 0.6 is 0 Å². The first-order valence-corrected chi connectivity index (χ1v) is 7.11. The Bertz CT molecular complexity index is 291. The molecule has 0 aromatic rings. The summed E-state index contributed by atoms with van der Waals surface area (Å²) in [4.78, 5) is 0. The minimum atomic E-state index is -4.15. The highest BCUT2D eigenvalue weighted by Gasteiger charge is 2.47. The van der Waals surface area contributed by atoms with Crippen molar-refractivity contribution in [3.05, 3.63) is 0 Å². The molecule has 0 heterocycles. The Morgan fingerprint density at radius 3 is 2.42 bits per heavy atom. The van der Waals surface area contributed by atoms with Crippen LogP contribution < -0.4 is 5.73 Å². The molecule has 5 heteroatoms. The van der Waals surface area contributed by atoms with Gasteiger partial charge in [0.1, 0.15) is 0 Å². The molecule has 3 unspecified atom stereocenters. The van der Waals surface area contributed by atoms with Gasteiger partial charge < -0.3 is 10.8 Å². The number of halogens is 3. The van der Waals surface area contributed by atoms with Crippen molar-refractivity contribution < 1.29 is 18.3 Å². The van der Waals surface area contributed by atoms with Gasteiger partial charge in [0.15, 0.2) is 0 Å². The lowest BCUT2D eigenvalue weighted by Crippen LogP contribution is -2.53. The predicted octanol–water partition coefficient (Wildman–Crippen LogP) is 3.63. The second kappa shape index (κ2) is 6.00. The molecule has 0 amide bonds. The molecule has 0 bridgehead atoms. The molecule has 0 aromatic heterocycles. The summed E-state index contributed by atoms with van der Waals surface area (Å²) in [5, 5.41) is 10.7. The summed E-state index contributed by atoms with van der Waals surface area (Å²) in [7, 11) is 0. The fourth-order valence-electron chi connectivity index (χ4n) is 3.45. The lowest BCUT2D eigenvalue weighted by molar-refractivity contribution is -0.144. The molecular formula is C14H26F3NO. The number of rotatable bonds is 5. The fourth-order valence-corrected chi connectivity index (χ4v) is 3.45. The van der Waals surface area contributed by atoms with Crippen LogP contribution in [0.5, 0.6) is 0 Å². The topological polar surface area (TPSA) is 46.2 Å². The Hall–Kier alpha value is -0.290. The molecule has 0 radical (unpaired) electrons. The van der Waals surface area contributed by atoms with Gasteiger partial charge >= 0.3 is 6.18 Å². The Balaban J connectivity index is 2.66. The average Bonchev–Trinajstić information content (AvgIpc) is 2.26. The number of nitrogens with two attached hydrogens (primary N) is 1. The van der Waals surface area contributed by atoms with Crippen molar-refractivity contribution in [2.45, 2.75) is 70.6 Å². The maximum atomic E-state index is 12.2. The summed E-state index contributed by atoms with van der Waals surface area (Å²) >= 11 is 0. The summed E-state index contributed by atoms with van der Waals surface area (Å²) in [6.07, 6.45) is -1.13. The molecule has 1 aliphatic carbocycles. The molecule has 1 rings (SSSR count). The standard InChI is InChI=1S/C14H26F3NO/c1-11-5-3-7-13(9-11,10-18)12(2,19)6-4-8-14(15,16)17/h11,19H,3-10,18H2,1-2H3. The van der Waals surface area contributed by atoms with E-state index in [0.29, 0.717) is 12.5 Å². The fraction of sp³-hybridized carbons (Fsp3) is 1.00. The van der Waals surface area contributed by atoms with Crippen LogP contribution in [0.1, 0.15) is 58.8 Å². The average molecular weight is 281 g/mol. The molecule has 3 atom stereocenters. The SMILES string of the molecule is CC1CCCC(CN)(C(C)(O)CCCC(F)(F)F)C1. The molecule has 1 aliphatic rings. The van der Waals surface area contributed by atoms with Crippen molar-refractivity contribution in [1.29, 1.82) is 0 Å². The lowest BCUT2D eigenvalue weighted by Gasteiger charge is -2.49. The second-order valence-electron chi connectivity index (χ2n) is 6.43. The third-order valence-corrected chi connectivity index (χ3v) is 4.75. The number of hydrogen-bond donors (Lipinski definition) is 2. The van der Waals surface area contributed by atoms with Crippen LogP contribution in [0, 0.1) is 11.3 Å². The minimum Gasteiger partial charge on any atom is -0.390 e. The summed E-state index contributed by atoms with van der Waals surface area (Å²) in [5.41, 5.74) is 4.33. The zero-order valence-corrected chi connectivity index (χ0v) is 11.9. The van der Waals surface area contributed by atoms with Crippen molar-refractivity contribution in [3.8, 4) is 0 Å². The van der Waals surface area contributed by atoms with Crippen LogP contribution in [-0.4, -0.2) is 23.4 Å². The molecule has 0 spiro atoms. The Morgan fingerprint density at radius 1 is 1.32 bits per heavy atom. The van der Waals surface area contributed by atoms with Gasteiger partial charge in [-0.1, -0.05) is 19.8 Å². The van der Waals surface area contributed by atoms with E-state index in [9.17, 15) is 18.3 Å². The lowest BCUT2D eigenvalue weighted by atomic mass is 9.60. The molecule has 0 aromatic carbocycles. The van der Waals surface area contributed by atoms with E-state index in [1.54, 1.807) is 6.92 Å². The largest absolute Gasteiger partial charge is 0.390 e. The van der Waals surface area contributed by atoms with Crippen LogP contribution in [0.3, 0.4) is 0 Å². The number of hydrogen-bond acceptors (Lipinski definition) is 2. The molecule has 1 fully saturated rings. The normalized spacial score (nSPS) is 32.1. The first kappa shape index (κ1) is 16.8. The van der Waals surface area contributed by atoms with Crippen LogP contribution in [0.2, 0.25) is 0 Å². The maximum Gasteiger partial charge on any atom is 0.389 e. The monoisotopic (exact) mass is 281 g/mol. The van der Waals surface area contributed by atoms with Gasteiger partial charge in [-0.2, -0.15) is 13.2 Å². The number of aliphatic hydroxyl groups is 1. The van der Waals surface area contributed by atoms with Crippen molar-refractivity contribution in [2.24, 2.45) is 17.1 Å². The van der Waals surface area contributed by atoms with Crippen molar-refractivity contribution in [3.63, 3.8) is 0 Å². The molecule has 0 saturated heterocycles. The Labute approximate surface area is 113 Å². The molecule has 114 valence electrons. The molecule has 3 N–H and O–H groups in total. The van der Waals surface area contributed by atoms with Gasteiger partial charge in [0, 0.05) is 18.4 Å². The van der Waals surface area contributed by atoms with Crippen LogP contribution in [-0.2, 0) is 0 Å². The molecule has 2 nitrogen and oxygen atoms in total. The van der Waals surface area contributed by atoms with Crippen LogP contribution in [0.25, 0.3) is 0 Å². The first-order chi connectivity index (χ1) is 8.62. The van der Waals surface area contributed by atoms with Gasteiger partial charge in [0.2, 0.25) is 0 Å². The van der Waals surface area contributed by atoms with Crippen molar-refractivity contribution >= 4 is 0 Å². The van der Waals surface area contributed by atoms with Gasteiger partial charge in [-0.25, -0.2) is 0 Å². The van der Waals surface area contributed by atoms with E-state index in [4.69, 9.17) is 5.73 Å². The van der Waals surface area contributed by atoms with E-state index in [1.807, 2.05) is 0 Å². The van der Waals surface area contributed by atoms with Gasteiger partial charge in [-0.15, -0.1) is 0 Å². The van der Waals surface area contributed by atoms with Gasteiger partial charge in [-0.3, -0.25) is 0 Å². The van der Waals surface area contributed by atoms with E-state index in [1.165, 1.54) is 0 Å². The quantitative estimate of drug-likeness (QED) is 0.808. The summed E-state index contributed by atoms with van der Waals surface area (Å²) in [6.45, 7) is 4.12. The van der Waals surface area contributed by atoms with Crippen LogP contribution in [0.4, 0.5) is 13.2 Å². The summed E-state index contributed by atoms with van der Waals surface area (Å²) in [6, 6.07) is 0. The minimum absolute atomic E-state index is 0.0351. The number of alkyl halides is 3. The first-order valence-electron chi connectivity index (χ1n) is 7.11. The third kappa shape index (κ3) is 4.35. The summed E-state index contributed by atoms with van der Waals surface area (Å²) in [5.74, 6) is 0.478. The Kier molecular flexibility index (Phi) is 5.29. The zero-order chi connectivity index (χ0) is 14.7. The Morgan fingerprint density at radius 2 is 1.95 bits per heavy atom. The van der Waals surface area contributed by atoms with Crippen LogP contribution in [0.15, 0.2) is 0 Å². The van der Waals surface area contributed by atoms with E-state index < -0.39 is 23.6 Å². The highest BCUT2D eigenvalue weighted by molar-refractivity contribution is 4.99. The smallest absolute Gasteiger partial charge is 0.389 e. The third-order valence-electron chi connectivity index (χ3n) is 4.75. The molecule has 1 saturated carbocycles. The second-order valence-corrected chi connectivity index (χ2v) is 6.43. The maximum absolute atomic E-state index is 12.2. The van der Waals surface area contributed by atoms with Gasteiger partial charge in [0.05, 0.1) is 5.60 Å². The van der Waals surface area contributed by atoms with Gasteiger partial charge in [0.25, 0.3) is 0 Å². The molecule has 19 heavy (non-hydrogen) atoms. The highest BCUT2D eigenvalue weighted by Crippen LogP contribution is 2.48. The van der Waals surface area contributed by atoms with Crippen molar-refractivity contribution in [2.75, 3.05) is 6.54 Å². The molecular weight excluding hydrogens is 255 g/mol. The van der Waals surface area contributed by atoms with E-state index in [0.717, 1.165) is 25.7 Å². The zero-order valence-electron chi connectivity index (χ0n) is 11.9.